The molecule has 0 spiro atoms. The predicted octanol–water partition coefficient (Wildman–Crippen LogP) is 3.71. The van der Waals surface area contributed by atoms with E-state index in [-0.39, 0.29) is 0 Å². The number of hydrogen-bond acceptors (Lipinski definition) is 0. The SMILES string of the molecule is CCC1CC2CC1C1C3CCC(C3)[C@H]21. The molecule has 0 radical (unpaired) electrons. The zero-order valence-corrected chi connectivity index (χ0v) is 9.28. The molecule has 0 heterocycles. The van der Waals surface area contributed by atoms with Gasteiger partial charge in [-0.15, -0.1) is 0 Å². The van der Waals surface area contributed by atoms with Crippen LogP contribution in [0.1, 0.15) is 45.4 Å². The second-order valence-electron chi connectivity index (χ2n) is 6.55. The summed E-state index contributed by atoms with van der Waals surface area (Å²) in [6, 6.07) is 0. The summed E-state index contributed by atoms with van der Waals surface area (Å²) >= 11 is 0. The van der Waals surface area contributed by atoms with E-state index in [1.165, 1.54) is 41.9 Å². The van der Waals surface area contributed by atoms with Crippen molar-refractivity contribution >= 4 is 0 Å². The molecule has 4 saturated carbocycles. The molecule has 0 aliphatic heterocycles. The van der Waals surface area contributed by atoms with E-state index >= 15 is 0 Å². The van der Waals surface area contributed by atoms with Crippen LogP contribution in [-0.4, -0.2) is 0 Å². The van der Waals surface area contributed by atoms with Gasteiger partial charge >= 0.3 is 0 Å². The highest BCUT2D eigenvalue weighted by molar-refractivity contribution is 5.10. The molecular formula is C14H22. The number of fused-ring (bicyclic) bond motifs is 9. The maximum Gasteiger partial charge on any atom is -0.0321 e. The smallest absolute Gasteiger partial charge is 0.0321 e. The summed E-state index contributed by atoms with van der Waals surface area (Å²) in [4.78, 5) is 0. The van der Waals surface area contributed by atoms with Crippen molar-refractivity contribution in [3.8, 4) is 0 Å². The molecule has 4 aliphatic rings. The van der Waals surface area contributed by atoms with E-state index < -0.39 is 0 Å². The summed E-state index contributed by atoms with van der Waals surface area (Å²) in [6.07, 6.45) is 9.57. The van der Waals surface area contributed by atoms with E-state index in [2.05, 4.69) is 6.92 Å². The van der Waals surface area contributed by atoms with Crippen LogP contribution in [0.4, 0.5) is 0 Å². The molecule has 0 aromatic carbocycles. The van der Waals surface area contributed by atoms with Crippen LogP contribution in [-0.2, 0) is 0 Å². The van der Waals surface area contributed by atoms with Crippen LogP contribution in [0.5, 0.6) is 0 Å². The van der Waals surface area contributed by atoms with E-state index in [0.29, 0.717) is 0 Å². The van der Waals surface area contributed by atoms with Gasteiger partial charge in [0.25, 0.3) is 0 Å². The van der Waals surface area contributed by atoms with Gasteiger partial charge in [0.2, 0.25) is 0 Å². The zero-order chi connectivity index (χ0) is 9.28. The summed E-state index contributed by atoms with van der Waals surface area (Å²) in [7, 11) is 0. The molecule has 4 aliphatic carbocycles. The highest BCUT2D eigenvalue weighted by atomic mass is 14.7. The second kappa shape index (κ2) is 2.57. The zero-order valence-electron chi connectivity index (χ0n) is 9.28. The molecule has 0 aromatic heterocycles. The Balaban J connectivity index is 1.68. The van der Waals surface area contributed by atoms with Crippen molar-refractivity contribution in [1.29, 1.82) is 0 Å². The first-order valence-corrected chi connectivity index (χ1v) is 6.88. The van der Waals surface area contributed by atoms with Crippen LogP contribution < -0.4 is 0 Å². The van der Waals surface area contributed by atoms with Gasteiger partial charge in [0.05, 0.1) is 0 Å². The van der Waals surface area contributed by atoms with E-state index in [4.69, 9.17) is 0 Å². The third kappa shape index (κ3) is 0.785. The molecule has 4 fully saturated rings. The van der Waals surface area contributed by atoms with Gasteiger partial charge in [-0.05, 0) is 73.5 Å². The Labute approximate surface area is 87.5 Å². The number of rotatable bonds is 1. The molecule has 4 bridgehead atoms. The fraction of sp³-hybridized carbons (Fsp3) is 1.00. The van der Waals surface area contributed by atoms with Crippen molar-refractivity contribution in [3.05, 3.63) is 0 Å². The Hall–Kier alpha value is 0. The van der Waals surface area contributed by atoms with Gasteiger partial charge in [-0.3, -0.25) is 0 Å². The van der Waals surface area contributed by atoms with Crippen LogP contribution in [0.25, 0.3) is 0 Å². The molecule has 0 N–H and O–H groups in total. The topological polar surface area (TPSA) is 0 Å². The van der Waals surface area contributed by atoms with Crippen molar-refractivity contribution in [3.63, 3.8) is 0 Å². The largest absolute Gasteiger partial charge is 0.0651 e. The molecule has 4 rings (SSSR count). The standard InChI is InChI=1S/C14H22/c1-2-8-5-11-7-12(8)14-10-4-3-9(6-10)13(11)14/h8-14H,2-7H2,1H3/t8?,9?,10?,11?,12?,13-,14?/m1/s1. The maximum atomic E-state index is 2.42. The Morgan fingerprint density at radius 1 is 0.857 bits per heavy atom. The van der Waals surface area contributed by atoms with E-state index in [1.807, 2.05) is 0 Å². The fourth-order valence-corrected chi connectivity index (χ4v) is 6.17. The first-order valence-electron chi connectivity index (χ1n) is 6.88. The quantitative estimate of drug-likeness (QED) is 0.553. The monoisotopic (exact) mass is 190 g/mol. The molecule has 7 atom stereocenters. The first kappa shape index (κ1) is 8.19. The maximum absolute atomic E-state index is 2.42. The van der Waals surface area contributed by atoms with Crippen LogP contribution in [0.2, 0.25) is 0 Å². The van der Waals surface area contributed by atoms with Crippen molar-refractivity contribution in [2.24, 2.45) is 41.4 Å². The predicted molar refractivity (Wildman–Crippen MR) is 57.8 cm³/mol. The highest BCUT2D eigenvalue weighted by Crippen LogP contribution is 2.69. The lowest BCUT2D eigenvalue weighted by molar-refractivity contribution is 0.103. The Bertz CT molecular complexity index is 257. The van der Waals surface area contributed by atoms with Gasteiger partial charge in [0, 0.05) is 0 Å². The Kier molecular flexibility index (Phi) is 1.50. The lowest BCUT2D eigenvalue weighted by atomic mass is 9.67. The Morgan fingerprint density at radius 3 is 2.43 bits per heavy atom. The summed E-state index contributed by atoms with van der Waals surface area (Å²) in [5.74, 6) is 8.34. The highest BCUT2D eigenvalue weighted by Gasteiger charge is 2.61. The molecule has 0 nitrogen and oxygen atoms in total. The molecule has 0 aromatic rings. The van der Waals surface area contributed by atoms with E-state index in [1.54, 1.807) is 32.1 Å². The lowest BCUT2D eigenvalue weighted by Gasteiger charge is -2.38. The molecule has 78 valence electrons. The summed E-state index contributed by atoms with van der Waals surface area (Å²) < 4.78 is 0. The summed E-state index contributed by atoms with van der Waals surface area (Å²) in [6.45, 7) is 2.42. The van der Waals surface area contributed by atoms with Gasteiger partial charge in [0.1, 0.15) is 0 Å². The average molecular weight is 190 g/mol. The van der Waals surface area contributed by atoms with Gasteiger partial charge in [-0.1, -0.05) is 13.3 Å². The average Bonchev–Trinajstić information content (AvgIpc) is 2.94. The van der Waals surface area contributed by atoms with Gasteiger partial charge in [-0.2, -0.15) is 0 Å². The van der Waals surface area contributed by atoms with Crippen molar-refractivity contribution in [2.45, 2.75) is 45.4 Å². The van der Waals surface area contributed by atoms with Crippen LogP contribution in [0, 0.1) is 41.4 Å². The van der Waals surface area contributed by atoms with Crippen LogP contribution in [0.3, 0.4) is 0 Å². The molecule has 0 amide bonds. The lowest BCUT2D eigenvalue weighted by Crippen LogP contribution is -2.32. The van der Waals surface area contributed by atoms with Crippen molar-refractivity contribution < 1.29 is 0 Å². The minimum Gasteiger partial charge on any atom is -0.0651 e. The minimum atomic E-state index is 1.14. The third-order valence-electron chi connectivity index (χ3n) is 6.40. The van der Waals surface area contributed by atoms with Gasteiger partial charge in [-0.25, -0.2) is 0 Å². The molecule has 0 heteroatoms. The first-order chi connectivity index (χ1) is 6.88. The Morgan fingerprint density at radius 2 is 1.64 bits per heavy atom. The van der Waals surface area contributed by atoms with Gasteiger partial charge in [0.15, 0.2) is 0 Å². The van der Waals surface area contributed by atoms with E-state index in [0.717, 1.165) is 5.92 Å². The normalized spacial score (nSPS) is 63.6. The number of hydrogen-bond donors (Lipinski definition) is 0. The van der Waals surface area contributed by atoms with Crippen molar-refractivity contribution in [1.82, 2.24) is 0 Å². The van der Waals surface area contributed by atoms with E-state index in [9.17, 15) is 0 Å². The summed E-state index contributed by atoms with van der Waals surface area (Å²) in [5, 5.41) is 0. The molecule has 0 saturated heterocycles. The third-order valence-corrected chi connectivity index (χ3v) is 6.40. The second-order valence-corrected chi connectivity index (χ2v) is 6.55. The minimum absolute atomic E-state index is 1.14. The fourth-order valence-electron chi connectivity index (χ4n) is 6.17. The van der Waals surface area contributed by atoms with Gasteiger partial charge < -0.3 is 0 Å². The van der Waals surface area contributed by atoms with Crippen molar-refractivity contribution in [2.75, 3.05) is 0 Å². The van der Waals surface area contributed by atoms with Crippen LogP contribution in [0.15, 0.2) is 0 Å². The summed E-state index contributed by atoms with van der Waals surface area (Å²) in [5.41, 5.74) is 0. The molecule has 14 heavy (non-hydrogen) atoms. The molecular weight excluding hydrogens is 168 g/mol. The molecule has 6 unspecified atom stereocenters. The van der Waals surface area contributed by atoms with Crippen LogP contribution >= 0.6 is 0 Å².